The number of morpholine rings is 1. The van der Waals surface area contributed by atoms with Gasteiger partial charge in [-0.15, -0.1) is 0 Å². The highest BCUT2D eigenvalue weighted by Crippen LogP contribution is 2.26. The molecule has 7 heteroatoms. The lowest BCUT2D eigenvalue weighted by molar-refractivity contribution is 0.0383. The summed E-state index contributed by atoms with van der Waals surface area (Å²) >= 11 is 6.42. The summed E-state index contributed by atoms with van der Waals surface area (Å²) in [5.74, 6) is 6.67. The summed E-state index contributed by atoms with van der Waals surface area (Å²) in [6.07, 6.45) is 1.71. The Labute approximate surface area is 192 Å². The first-order valence-electron chi connectivity index (χ1n) is 10.6. The number of nitrogens with two attached hydrogens (primary N) is 1. The summed E-state index contributed by atoms with van der Waals surface area (Å²) in [6.45, 7) is 6.67. The number of nitrogen functional groups attached to an aromatic ring is 1. The molecule has 32 heavy (non-hydrogen) atoms. The maximum Gasteiger partial charge on any atom is 0.251 e. The van der Waals surface area contributed by atoms with Crippen LogP contribution in [0.25, 0.3) is 10.8 Å². The van der Waals surface area contributed by atoms with E-state index in [1.54, 1.807) is 18.3 Å². The lowest BCUT2D eigenvalue weighted by Crippen LogP contribution is -2.41. The number of anilines is 1. The number of aryl methyl sites for hydroxylation is 1. The van der Waals surface area contributed by atoms with Crippen molar-refractivity contribution in [2.75, 3.05) is 45.1 Å². The van der Waals surface area contributed by atoms with Gasteiger partial charge >= 0.3 is 0 Å². The largest absolute Gasteiger partial charge is 0.384 e. The quantitative estimate of drug-likeness (QED) is 0.599. The minimum Gasteiger partial charge on any atom is -0.384 e. The predicted octanol–water partition coefficient (Wildman–Crippen LogP) is 3.24. The van der Waals surface area contributed by atoms with E-state index in [-0.39, 0.29) is 5.91 Å². The molecule has 0 saturated carbocycles. The van der Waals surface area contributed by atoms with Gasteiger partial charge in [-0.2, -0.15) is 0 Å². The minimum absolute atomic E-state index is 0.108. The summed E-state index contributed by atoms with van der Waals surface area (Å²) < 4.78 is 5.35. The number of ether oxygens (including phenoxy) is 1. The molecule has 6 nitrogen and oxygen atoms in total. The lowest BCUT2D eigenvalue weighted by atomic mass is 10.0. The predicted molar refractivity (Wildman–Crippen MR) is 128 cm³/mol. The van der Waals surface area contributed by atoms with Crippen LogP contribution in [0.3, 0.4) is 0 Å². The number of halogens is 1. The summed E-state index contributed by atoms with van der Waals surface area (Å²) in [5, 5.41) is 5.31. The van der Waals surface area contributed by atoms with Gasteiger partial charge in [0.1, 0.15) is 5.82 Å². The van der Waals surface area contributed by atoms with Crippen molar-refractivity contribution >= 4 is 34.1 Å². The summed E-state index contributed by atoms with van der Waals surface area (Å²) in [5.41, 5.74) is 8.90. The molecule has 1 fully saturated rings. The van der Waals surface area contributed by atoms with Crippen molar-refractivity contribution < 1.29 is 9.53 Å². The van der Waals surface area contributed by atoms with Crippen LogP contribution >= 0.6 is 11.6 Å². The second-order valence-electron chi connectivity index (χ2n) is 7.74. The van der Waals surface area contributed by atoms with Gasteiger partial charge in [-0.25, -0.2) is 4.98 Å². The van der Waals surface area contributed by atoms with Crippen LogP contribution < -0.4 is 11.1 Å². The summed E-state index contributed by atoms with van der Waals surface area (Å²) in [7, 11) is 0. The Morgan fingerprint density at radius 1 is 1.22 bits per heavy atom. The fourth-order valence-electron chi connectivity index (χ4n) is 3.62. The Morgan fingerprint density at radius 2 is 2.03 bits per heavy atom. The van der Waals surface area contributed by atoms with Crippen LogP contribution in [0.5, 0.6) is 0 Å². The molecule has 1 aliphatic rings. The van der Waals surface area contributed by atoms with Gasteiger partial charge in [0.2, 0.25) is 0 Å². The van der Waals surface area contributed by atoms with Gasteiger partial charge in [0, 0.05) is 54.3 Å². The summed E-state index contributed by atoms with van der Waals surface area (Å²) in [4.78, 5) is 19.1. The van der Waals surface area contributed by atoms with Crippen molar-refractivity contribution in [2.45, 2.75) is 6.92 Å². The number of carbonyl (C=O) groups excluding carboxylic acids is 1. The van der Waals surface area contributed by atoms with E-state index in [9.17, 15) is 4.79 Å². The van der Waals surface area contributed by atoms with Crippen LogP contribution in [0.15, 0.2) is 42.6 Å². The summed E-state index contributed by atoms with van der Waals surface area (Å²) in [6, 6.07) is 11.0. The molecule has 0 bridgehead atoms. The van der Waals surface area contributed by atoms with Crippen LogP contribution in [0.4, 0.5) is 5.82 Å². The molecule has 2 heterocycles. The smallest absolute Gasteiger partial charge is 0.251 e. The average molecular weight is 449 g/mol. The number of amides is 1. The van der Waals surface area contributed by atoms with Gasteiger partial charge in [-0.1, -0.05) is 35.6 Å². The number of nitrogens with one attached hydrogen (secondary N) is 1. The minimum atomic E-state index is -0.108. The molecule has 3 N–H and O–H groups in total. The van der Waals surface area contributed by atoms with E-state index in [2.05, 4.69) is 27.0 Å². The number of fused-ring (bicyclic) bond motifs is 1. The SMILES string of the molecule is Cc1ccc(C(=O)NCCN2CCOCC2)cc1C#Cc1c(Cl)ccc2cnc(N)cc12. The van der Waals surface area contributed by atoms with Crippen molar-refractivity contribution in [3.8, 4) is 11.8 Å². The molecule has 1 aromatic heterocycles. The maximum atomic E-state index is 12.6. The third-order valence-electron chi connectivity index (χ3n) is 5.51. The molecule has 0 radical (unpaired) electrons. The van der Waals surface area contributed by atoms with Crippen molar-refractivity contribution in [1.29, 1.82) is 0 Å². The van der Waals surface area contributed by atoms with Crippen LogP contribution in [-0.2, 0) is 4.74 Å². The van der Waals surface area contributed by atoms with Gasteiger partial charge in [-0.05, 0) is 36.8 Å². The van der Waals surface area contributed by atoms with Gasteiger partial charge in [0.15, 0.2) is 0 Å². The molecule has 164 valence electrons. The van der Waals surface area contributed by atoms with E-state index in [1.807, 2.05) is 31.2 Å². The molecule has 0 spiro atoms. The first kappa shape index (κ1) is 22.1. The molecule has 1 amide bonds. The molecule has 0 unspecified atom stereocenters. The highest BCUT2D eigenvalue weighted by Gasteiger charge is 2.12. The fraction of sp³-hybridized carbons (Fsp3) is 0.280. The van der Waals surface area contributed by atoms with Gasteiger partial charge in [0.05, 0.1) is 23.8 Å². The normalized spacial score (nSPS) is 14.1. The zero-order valence-corrected chi connectivity index (χ0v) is 18.7. The molecular weight excluding hydrogens is 424 g/mol. The zero-order chi connectivity index (χ0) is 22.5. The molecule has 4 rings (SSSR count). The average Bonchev–Trinajstić information content (AvgIpc) is 2.80. The Kier molecular flexibility index (Phi) is 6.91. The number of hydrogen-bond donors (Lipinski definition) is 2. The first-order chi connectivity index (χ1) is 15.5. The highest BCUT2D eigenvalue weighted by molar-refractivity contribution is 6.33. The molecular formula is C25H25ClN4O2. The van der Waals surface area contributed by atoms with Crippen molar-refractivity contribution in [3.63, 3.8) is 0 Å². The standard InChI is InChI=1S/C25H25ClN4O2/c1-17-2-3-19(25(31)28-8-9-30-10-12-32-13-11-30)14-18(17)4-6-21-22-15-24(27)29-16-20(22)5-7-23(21)26/h2-3,5,7,14-16H,8-13H2,1H3,(H2,27,29)(H,28,31). The van der Waals surface area contributed by atoms with Crippen molar-refractivity contribution in [3.05, 3.63) is 69.9 Å². The Hall–Kier alpha value is -3.11. The molecule has 0 atom stereocenters. The Morgan fingerprint density at radius 3 is 2.84 bits per heavy atom. The van der Waals surface area contributed by atoms with E-state index in [4.69, 9.17) is 22.1 Å². The van der Waals surface area contributed by atoms with Crippen molar-refractivity contribution in [2.24, 2.45) is 0 Å². The number of nitrogens with zero attached hydrogens (tertiary/aromatic N) is 2. The van der Waals surface area contributed by atoms with E-state index in [1.165, 1.54) is 0 Å². The van der Waals surface area contributed by atoms with E-state index in [0.717, 1.165) is 54.7 Å². The van der Waals surface area contributed by atoms with Crippen LogP contribution in [0.2, 0.25) is 5.02 Å². The maximum absolute atomic E-state index is 12.6. The van der Waals surface area contributed by atoms with E-state index < -0.39 is 0 Å². The zero-order valence-electron chi connectivity index (χ0n) is 18.0. The highest BCUT2D eigenvalue weighted by atomic mass is 35.5. The van der Waals surface area contributed by atoms with Gasteiger partial charge in [-0.3, -0.25) is 9.69 Å². The number of aromatic nitrogens is 1. The number of hydrogen-bond acceptors (Lipinski definition) is 5. The first-order valence-corrected chi connectivity index (χ1v) is 10.9. The Bertz CT molecular complexity index is 1200. The second-order valence-corrected chi connectivity index (χ2v) is 8.15. The Balaban J connectivity index is 1.52. The van der Waals surface area contributed by atoms with E-state index >= 15 is 0 Å². The van der Waals surface area contributed by atoms with Gasteiger partial charge in [0.25, 0.3) is 5.91 Å². The number of carbonyl (C=O) groups is 1. The molecule has 1 aliphatic heterocycles. The third-order valence-corrected chi connectivity index (χ3v) is 5.83. The topological polar surface area (TPSA) is 80.5 Å². The lowest BCUT2D eigenvalue weighted by Gasteiger charge is -2.26. The van der Waals surface area contributed by atoms with Crippen molar-refractivity contribution in [1.82, 2.24) is 15.2 Å². The van der Waals surface area contributed by atoms with Crippen LogP contribution in [0.1, 0.15) is 27.0 Å². The number of rotatable bonds is 4. The van der Waals surface area contributed by atoms with Gasteiger partial charge < -0.3 is 15.8 Å². The van der Waals surface area contributed by atoms with Crippen LogP contribution in [-0.4, -0.2) is 55.2 Å². The van der Waals surface area contributed by atoms with Crippen LogP contribution in [0, 0.1) is 18.8 Å². The molecule has 0 aliphatic carbocycles. The second kappa shape index (κ2) is 10.0. The number of benzene rings is 2. The fourth-order valence-corrected chi connectivity index (χ4v) is 3.83. The molecule has 3 aromatic rings. The molecule has 1 saturated heterocycles. The van der Waals surface area contributed by atoms with E-state index in [0.29, 0.717) is 28.5 Å². The monoisotopic (exact) mass is 448 g/mol. The molecule has 2 aromatic carbocycles. The third kappa shape index (κ3) is 5.20. The number of pyridine rings is 1.